The summed E-state index contributed by atoms with van der Waals surface area (Å²) in [7, 11) is 1.56. The van der Waals surface area contributed by atoms with Gasteiger partial charge in [-0.3, -0.25) is 9.59 Å². The fourth-order valence-corrected chi connectivity index (χ4v) is 2.83. The van der Waals surface area contributed by atoms with Crippen molar-refractivity contribution in [3.63, 3.8) is 0 Å². The molecule has 1 aliphatic rings. The number of hydrogen-bond donors (Lipinski definition) is 1. The summed E-state index contributed by atoms with van der Waals surface area (Å²) in [4.78, 5) is 26.7. The highest BCUT2D eigenvalue weighted by atomic mass is 16.5. The van der Waals surface area contributed by atoms with Crippen LogP contribution in [0, 0.1) is 6.92 Å². The average Bonchev–Trinajstić information content (AvgIpc) is 3.08. The van der Waals surface area contributed by atoms with E-state index in [0.29, 0.717) is 37.0 Å². The Morgan fingerprint density at radius 3 is 2.96 bits per heavy atom. The van der Waals surface area contributed by atoms with Crippen molar-refractivity contribution in [2.75, 3.05) is 32.2 Å². The molecule has 1 saturated heterocycles. The van der Waals surface area contributed by atoms with Crippen molar-refractivity contribution < 1.29 is 23.6 Å². The van der Waals surface area contributed by atoms with Crippen molar-refractivity contribution in [1.82, 2.24) is 10.1 Å². The van der Waals surface area contributed by atoms with Crippen LogP contribution in [0.4, 0.5) is 5.69 Å². The number of aryl methyl sites for hydroxylation is 1. The molecule has 0 saturated carbocycles. The molecule has 0 bridgehead atoms. The molecule has 0 unspecified atom stereocenters. The second kappa shape index (κ2) is 8.01. The molecule has 1 N–H and O–H groups in total. The van der Waals surface area contributed by atoms with Crippen LogP contribution in [0.25, 0.3) is 0 Å². The van der Waals surface area contributed by atoms with Gasteiger partial charge in [-0.2, -0.15) is 0 Å². The second-order valence-corrected chi connectivity index (χ2v) is 6.03. The topological polar surface area (TPSA) is 93.9 Å². The van der Waals surface area contributed by atoms with Crippen LogP contribution in [-0.4, -0.2) is 54.8 Å². The zero-order valence-electron chi connectivity index (χ0n) is 14.7. The highest BCUT2D eigenvalue weighted by Crippen LogP contribution is 2.19. The van der Waals surface area contributed by atoms with Gasteiger partial charge in [0.25, 0.3) is 5.91 Å². The molecular formula is C18H21N3O5. The Labute approximate surface area is 151 Å². The van der Waals surface area contributed by atoms with Gasteiger partial charge in [0, 0.05) is 30.8 Å². The van der Waals surface area contributed by atoms with Crippen LogP contribution in [-0.2, 0) is 9.53 Å². The molecule has 2 amide bonds. The number of rotatable bonds is 5. The van der Waals surface area contributed by atoms with E-state index in [2.05, 4.69) is 10.5 Å². The monoisotopic (exact) mass is 359 g/mol. The van der Waals surface area contributed by atoms with Gasteiger partial charge in [-0.25, -0.2) is 0 Å². The predicted octanol–water partition coefficient (Wildman–Crippen LogP) is 1.86. The average molecular weight is 359 g/mol. The molecule has 8 nitrogen and oxygen atoms in total. The summed E-state index contributed by atoms with van der Waals surface area (Å²) in [5.74, 6) is 0.753. The first kappa shape index (κ1) is 17.9. The molecule has 138 valence electrons. The van der Waals surface area contributed by atoms with E-state index in [9.17, 15) is 9.59 Å². The third kappa shape index (κ3) is 4.20. The van der Waals surface area contributed by atoms with Crippen molar-refractivity contribution in [1.29, 1.82) is 0 Å². The molecule has 8 heteroatoms. The number of nitrogens with one attached hydrogen (secondary N) is 1. The SMILES string of the molecule is COc1cccc(NC(=O)C[C@@H]2COCCN2C(=O)c2cc(C)on2)c1. The Morgan fingerprint density at radius 2 is 2.23 bits per heavy atom. The Morgan fingerprint density at radius 1 is 1.38 bits per heavy atom. The van der Waals surface area contributed by atoms with Crippen LogP contribution in [0.2, 0.25) is 0 Å². The number of hydrogen-bond acceptors (Lipinski definition) is 6. The van der Waals surface area contributed by atoms with Crippen LogP contribution < -0.4 is 10.1 Å². The van der Waals surface area contributed by atoms with E-state index in [4.69, 9.17) is 14.0 Å². The summed E-state index contributed by atoms with van der Waals surface area (Å²) in [6.07, 6.45) is 0.125. The van der Waals surface area contributed by atoms with Gasteiger partial charge < -0.3 is 24.2 Å². The molecule has 26 heavy (non-hydrogen) atoms. The summed E-state index contributed by atoms with van der Waals surface area (Å²) in [6, 6.07) is 8.32. The lowest BCUT2D eigenvalue weighted by molar-refractivity contribution is -0.118. The number of anilines is 1. The molecule has 2 heterocycles. The van der Waals surface area contributed by atoms with E-state index in [1.165, 1.54) is 0 Å². The number of morpholine rings is 1. The maximum atomic E-state index is 12.6. The lowest BCUT2D eigenvalue weighted by atomic mass is 10.1. The first-order chi connectivity index (χ1) is 12.6. The largest absolute Gasteiger partial charge is 0.497 e. The van der Waals surface area contributed by atoms with Gasteiger partial charge in [-0.05, 0) is 19.1 Å². The van der Waals surface area contributed by atoms with Gasteiger partial charge in [0.05, 0.1) is 26.4 Å². The van der Waals surface area contributed by atoms with E-state index >= 15 is 0 Å². The van der Waals surface area contributed by atoms with Gasteiger partial charge >= 0.3 is 0 Å². The molecule has 0 spiro atoms. The highest BCUT2D eigenvalue weighted by Gasteiger charge is 2.31. The van der Waals surface area contributed by atoms with Crippen molar-refractivity contribution >= 4 is 17.5 Å². The molecule has 0 radical (unpaired) electrons. The number of carbonyl (C=O) groups is 2. The lowest BCUT2D eigenvalue weighted by Crippen LogP contribution is -2.50. The minimum absolute atomic E-state index is 0.125. The van der Waals surface area contributed by atoms with Gasteiger partial charge in [-0.1, -0.05) is 11.2 Å². The smallest absolute Gasteiger partial charge is 0.276 e. The summed E-state index contributed by atoms with van der Waals surface area (Å²) < 4.78 is 15.6. The van der Waals surface area contributed by atoms with Gasteiger partial charge in [-0.15, -0.1) is 0 Å². The molecule has 1 atom stereocenters. The number of aromatic nitrogens is 1. The highest BCUT2D eigenvalue weighted by molar-refractivity contribution is 5.94. The molecule has 0 aliphatic carbocycles. The standard InChI is InChI=1S/C18H21N3O5/c1-12-8-16(20-26-12)18(23)21-6-7-25-11-14(21)10-17(22)19-13-4-3-5-15(9-13)24-2/h3-5,8-9,14H,6-7,10-11H2,1-2H3,(H,19,22)/t14-/m1/s1. The Balaban J connectivity index is 1.65. The minimum atomic E-state index is -0.362. The molecule has 3 rings (SSSR count). The molecule has 1 aliphatic heterocycles. The fraction of sp³-hybridized carbons (Fsp3) is 0.389. The maximum absolute atomic E-state index is 12.6. The minimum Gasteiger partial charge on any atom is -0.497 e. The fourth-order valence-electron chi connectivity index (χ4n) is 2.83. The normalized spacial score (nSPS) is 17.0. The number of carbonyl (C=O) groups excluding carboxylic acids is 2. The van der Waals surface area contributed by atoms with Crippen LogP contribution in [0.1, 0.15) is 22.7 Å². The van der Waals surface area contributed by atoms with Crippen molar-refractivity contribution in [3.8, 4) is 5.75 Å². The second-order valence-electron chi connectivity index (χ2n) is 6.03. The van der Waals surface area contributed by atoms with Crippen LogP contribution in [0.3, 0.4) is 0 Å². The van der Waals surface area contributed by atoms with Crippen LogP contribution in [0.15, 0.2) is 34.9 Å². The van der Waals surface area contributed by atoms with Crippen molar-refractivity contribution in [2.45, 2.75) is 19.4 Å². The van der Waals surface area contributed by atoms with E-state index in [-0.39, 0.29) is 30.0 Å². The summed E-state index contributed by atoms with van der Waals surface area (Å²) in [5.41, 5.74) is 0.874. The molecular weight excluding hydrogens is 338 g/mol. The third-order valence-corrected chi connectivity index (χ3v) is 4.11. The quantitative estimate of drug-likeness (QED) is 0.876. The van der Waals surface area contributed by atoms with Gasteiger partial charge in [0.1, 0.15) is 11.5 Å². The van der Waals surface area contributed by atoms with Crippen LogP contribution in [0.5, 0.6) is 5.75 Å². The zero-order valence-corrected chi connectivity index (χ0v) is 14.7. The Hall–Kier alpha value is -2.87. The first-order valence-electron chi connectivity index (χ1n) is 8.33. The Bertz CT molecular complexity index is 789. The zero-order chi connectivity index (χ0) is 18.5. The summed E-state index contributed by atoms with van der Waals surface area (Å²) in [5, 5.41) is 6.59. The molecule has 2 aromatic rings. The number of amides is 2. The third-order valence-electron chi connectivity index (χ3n) is 4.11. The molecule has 1 aromatic heterocycles. The Kier molecular flexibility index (Phi) is 5.52. The van der Waals surface area contributed by atoms with E-state index in [0.717, 1.165) is 0 Å². The van der Waals surface area contributed by atoms with Crippen molar-refractivity contribution in [2.24, 2.45) is 0 Å². The van der Waals surface area contributed by atoms with Gasteiger partial charge in [0.2, 0.25) is 5.91 Å². The van der Waals surface area contributed by atoms with E-state index in [1.54, 1.807) is 49.3 Å². The molecule has 1 aromatic carbocycles. The van der Waals surface area contributed by atoms with E-state index in [1.807, 2.05) is 0 Å². The van der Waals surface area contributed by atoms with Gasteiger partial charge in [0.15, 0.2) is 5.69 Å². The number of ether oxygens (including phenoxy) is 2. The number of benzene rings is 1. The first-order valence-corrected chi connectivity index (χ1v) is 8.33. The number of nitrogens with zero attached hydrogens (tertiary/aromatic N) is 2. The summed E-state index contributed by atoms with van der Waals surface area (Å²) in [6.45, 7) is 2.86. The lowest BCUT2D eigenvalue weighted by Gasteiger charge is -2.34. The maximum Gasteiger partial charge on any atom is 0.276 e. The summed E-state index contributed by atoms with van der Waals surface area (Å²) >= 11 is 0. The van der Waals surface area contributed by atoms with Crippen molar-refractivity contribution in [3.05, 3.63) is 41.8 Å². The molecule has 1 fully saturated rings. The number of methoxy groups -OCH3 is 1. The predicted molar refractivity (Wildman–Crippen MR) is 93.1 cm³/mol. The van der Waals surface area contributed by atoms with Crippen LogP contribution >= 0.6 is 0 Å². The van der Waals surface area contributed by atoms with E-state index < -0.39 is 0 Å².